The van der Waals surface area contributed by atoms with Crippen molar-refractivity contribution in [2.75, 3.05) is 38.2 Å². The van der Waals surface area contributed by atoms with Crippen molar-refractivity contribution in [1.29, 1.82) is 0 Å². The molecule has 1 saturated heterocycles. The Hall–Kier alpha value is -2.46. The van der Waals surface area contributed by atoms with Crippen molar-refractivity contribution in [2.24, 2.45) is 0 Å². The summed E-state index contributed by atoms with van der Waals surface area (Å²) in [4.78, 5) is 17.2. The van der Waals surface area contributed by atoms with Crippen molar-refractivity contribution in [2.45, 2.75) is 6.42 Å². The number of anilines is 1. The van der Waals surface area contributed by atoms with E-state index in [4.69, 9.17) is 16.3 Å². The van der Waals surface area contributed by atoms with Gasteiger partial charge in [-0.15, -0.1) is 0 Å². The Balaban J connectivity index is 1.46. The van der Waals surface area contributed by atoms with E-state index in [1.165, 1.54) is 0 Å². The molecule has 0 bridgehead atoms. The minimum Gasteiger partial charge on any atom is -0.495 e. The molecule has 0 radical (unpaired) electrons. The number of nitrogens with zero attached hydrogens (tertiary/aromatic N) is 2. The lowest BCUT2D eigenvalue weighted by molar-refractivity contribution is 0.103. The van der Waals surface area contributed by atoms with Crippen molar-refractivity contribution in [3.63, 3.8) is 0 Å². The Kier molecular flexibility index (Phi) is 4.60. The number of piperazine rings is 1. The molecule has 1 aliphatic heterocycles. The normalized spacial score (nSPS) is 18.4. The molecule has 4 nitrogen and oxygen atoms in total. The molecular formula is C21H21ClN2O2. The van der Waals surface area contributed by atoms with Crippen LogP contribution in [0.5, 0.6) is 5.75 Å². The first-order valence-electron chi connectivity index (χ1n) is 8.82. The minimum atomic E-state index is 0.106. The summed E-state index contributed by atoms with van der Waals surface area (Å²) < 4.78 is 5.47. The van der Waals surface area contributed by atoms with Crippen LogP contribution in [0, 0.1) is 0 Å². The Morgan fingerprint density at radius 1 is 1.04 bits per heavy atom. The summed E-state index contributed by atoms with van der Waals surface area (Å²) in [5, 5.41) is 0.681. The first-order chi connectivity index (χ1) is 12.7. The van der Waals surface area contributed by atoms with Gasteiger partial charge < -0.3 is 14.5 Å². The molecule has 5 heteroatoms. The summed E-state index contributed by atoms with van der Waals surface area (Å²) in [7, 11) is 1.70. The molecule has 0 amide bonds. The second kappa shape index (κ2) is 7.04. The number of hydrogen-bond donors (Lipinski definition) is 0. The Morgan fingerprint density at radius 2 is 1.81 bits per heavy atom. The fraction of sp³-hybridized carbons (Fsp3) is 0.286. The van der Waals surface area contributed by atoms with Crippen LogP contribution in [0.25, 0.3) is 0 Å². The van der Waals surface area contributed by atoms with Gasteiger partial charge >= 0.3 is 0 Å². The van der Waals surface area contributed by atoms with Gasteiger partial charge in [0.1, 0.15) is 5.75 Å². The van der Waals surface area contributed by atoms with Crippen LogP contribution in [0.4, 0.5) is 5.69 Å². The van der Waals surface area contributed by atoms with Crippen molar-refractivity contribution < 1.29 is 9.53 Å². The molecule has 2 aromatic carbocycles. The summed E-state index contributed by atoms with van der Waals surface area (Å²) in [6.45, 7) is 3.54. The SMILES string of the molecule is COc1ccccc1N1CCN(/C=C2\Cc3c(Cl)cccc3C2=O)CC1. The molecule has 0 saturated carbocycles. The summed E-state index contributed by atoms with van der Waals surface area (Å²) in [6, 6.07) is 13.6. The summed E-state index contributed by atoms with van der Waals surface area (Å²) >= 11 is 6.25. The topological polar surface area (TPSA) is 32.8 Å². The lowest BCUT2D eigenvalue weighted by Gasteiger charge is -2.36. The number of Topliss-reactive ketones (excluding diaryl/α,β-unsaturated/α-hetero) is 1. The predicted molar refractivity (Wildman–Crippen MR) is 104 cm³/mol. The van der Waals surface area contributed by atoms with Crippen molar-refractivity contribution in [3.05, 3.63) is 70.4 Å². The van der Waals surface area contributed by atoms with Crippen molar-refractivity contribution in [3.8, 4) is 5.75 Å². The van der Waals surface area contributed by atoms with E-state index >= 15 is 0 Å². The zero-order chi connectivity index (χ0) is 18.1. The quantitative estimate of drug-likeness (QED) is 0.771. The van der Waals surface area contributed by atoms with Gasteiger partial charge in [0.25, 0.3) is 0 Å². The molecule has 0 aromatic heterocycles. The highest BCUT2D eigenvalue weighted by Gasteiger charge is 2.27. The van der Waals surface area contributed by atoms with E-state index in [-0.39, 0.29) is 5.78 Å². The van der Waals surface area contributed by atoms with Gasteiger partial charge in [0.15, 0.2) is 5.78 Å². The Bertz CT molecular complexity index is 870. The monoisotopic (exact) mass is 368 g/mol. The van der Waals surface area contributed by atoms with Gasteiger partial charge in [0, 0.05) is 55.0 Å². The van der Waals surface area contributed by atoms with E-state index in [2.05, 4.69) is 15.9 Å². The summed E-state index contributed by atoms with van der Waals surface area (Å²) in [6.07, 6.45) is 2.65. The molecule has 0 spiro atoms. The van der Waals surface area contributed by atoms with Crippen LogP contribution < -0.4 is 9.64 Å². The second-order valence-corrected chi connectivity index (χ2v) is 7.03. The van der Waals surface area contributed by atoms with Crippen LogP contribution >= 0.6 is 11.6 Å². The fourth-order valence-electron chi connectivity index (χ4n) is 3.70. The molecule has 1 aliphatic carbocycles. The number of methoxy groups -OCH3 is 1. The fourth-order valence-corrected chi connectivity index (χ4v) is 3.94. The average molecular weight is 369 g/mol. The van der Waals surface area contributed by atoms with Gasteiger partial charge in [-0.3, -0.25) is 4.79 Å². The Labute approximate surface area is 158 Å². The van der Waals surface area contributed by atoms with E-state index in [1.54, 1.807) is 7.11 Å². The lowest BCUT2D eigenvalue weighted by atomic mass is 10.1. The predicted octanol–water partition coefficient (Wildman–Crippen LogP) is 3.79. The van der Waals surface area contributed by atoms with Crippen LogP contribution in [0.1, 0.15) is 15.9 Å². The number of allylic oxidation sites excluding steroid dienone is 1. The standard InChI is InChI=1S/C21H21ClN2O2/c1-26-20-8-3-2-7-19(20)24-11-9-23(10-12-24)14-15-13-17-16(21(15)25)5-4-6-18(17)22/h2-8,14H,9-13H2,1H3/b15-14+. The lowest BCUT2D eigenvalue weighted by Crippen LogP contribution is -2.44. The molecular weight excluding hydrogens is 348 g/mol. The molecule has 26 heavy (non-hydrogen) atoms. The maximum absolute atomic E-state index is 12.6. The van der Waals surface area contributed by atoms with Crippen LogP contribution in [0.15, 0.2) is 54.2 Å². The van der Waals surface area contributed by atoms with Crippen LogP contribution in [0.2, 0.25) is 5.02 Å². The largest absolute Gasteiger partial charge is 0.495 e. The summed E-state index contributed by atoms with van der Waals surface area (Å²) in [5.74, 6) is 1.00. The minimum absolute atomic E-state index is 0.106. The molecule has 2 aromatic rings. The van der Waals surface area contributed by atoms with Gasteiger partial charge in [-0.1, -0.05) is 35.9 Å². The third-order valence-corrected chi connectivity index (χ3v) is 5.45. The van der Waals surface area contributed by atoms with E-state index in [0.29, 0.717) is 11.4 Å². The molecule has 0 unspecified atom stereocenters. The summed E-state index contributed by atoms with van der Waals surface area (Å²) in [5.41, 5.74) is 3.66. The van der Waals surface area contributed by atoms with E-state index in [1.807, 2.05) is 42.6 Å². The smallest absolute Gasteiger partial charge is 0.191 e. The number of carbonyl (C=O) groups excluding carboxylic acids is 1. The number of carbonyl (C=O) groups is 1. The number of para-hydroxylation sites is 2. The van der Waals surface area contributed by atoms with Gasteiger partial charge in [-0.25, -0.2) is 0 Å². The zero-order valence-electron chi connectivity index (χ0n) is 14.7. The van der Waals surface area contributed by atoms with Crippen LogP contribution in [0.3, 0.4) is 0 Å². The number of ketones is 1. The maximum atomic E-state index is 12.6. The van der Waals surface area contributed by atoms with E-state index in [9.17, 15) is 4.79 Å². The zero-order valence-corrected chi connectivity index (χ0v) is 15.5. The van der Waals surface area contributed by atoms with Crippen LogP contribution in [-0.4, -0.2) is 44.0 Å². The highest BCUT2D eigenvalue weighted by molar-refractivity contribution is 6.32. The Morgan fingerprint density at radius 3 is 2.54 bits per heavy atom. The van der Waals surface area contributed by atoms with Crippen LogP contribution in [-0.2, 0) is 6.42 Å². The number of benzene rings is 2. The molecule has 0 N–H and O–H groups in total. The highest BCUT2D eigenvalue weighted by atomic mass is 35.5. The number of fused-ring (bicyclic) bond motifs is 1. The van der Waals surface area contributed by atoms with E-state index < -0.39 is 0 Å². The van der Waals surface area contributed by atoms with Gasteiger partial charge in [-0.2, -0.15) is 0 Å². The van der Waals surface area contributed by atoms with Gasteiger partial charge in [0.2, 0.25) is 0 Å². The van der Waals surface area contributed by atoms with Crippen molar-refractivity contribution >= 4 is 23.1 Å². The first-order valence-corrected chi connectivity index (χ1v) is 9.20. The maximum Gasteiger partial charge on any atom is 0.191 e. The molecule has 0 atom stereocenters. The molecule has 134 valence electrons. The highest BCUT2D eigenvalue weighted by Crippen LogP contribution is 2.32. The average Bonchev–Trinajstić information content (AvgIpc) is 3.00. The number of rotatable bonds is 3. The van der Waals surface area contributed by atoms with E-state index in [0.717, 1.165) is 54.3 Å². The number of ether oxygens (including phenoxy) is 1. The van der Waals surface area contributed by atoms with Gasteiger partial charge in [0.05, 0.1) is 12.8 Å². The second-order valence-electron chi connectivity index (χ2n) is 6.62. The van der Waals surface area contributed by atoms with Crippen molar-refractivity contribution in [1.82, 2.24) is 4.90 Å². The number of halogens is 1. The molecule has 4 rings (SSSR count). The third kappa shape index (κ3) is 3.06. The third-order valence-electron chi connectivity index (χ3n) is 5.10. The van der Waals surface area contributed by atoms with Gasteiger partial charge in [-0.05, 0) is 23.8 Å². The first kappa shape index (κ1) is 17.0. The molecule has 1 heterocycles. The molecule has 1 fully saturated rings. The molecule has 2 aliphatic rings. The number of hydrogen-bond acceptors (Lipinski definition) is 4.